The molecule has 1 aromatic carbocycles. The monoisotopic (exact) mass is 401 g/mol. The number of fused-ring (bicyclic) bond motifs is 2. The Bertz CT molecular complexity index is 1050. The number of pyridine rings is 1. The lowest BCUT2D eigenvalue weighted by Gasteiger charge is -2.33. The zero-order valence-corrected chi connectivity index (χ0v) is 16.3. The predicted molar refractivity (Wildman–Crippen MR) is 106 cm³/mol. The predicted octanol–water partition coefficient (Wildman–Crippen LogP) is 3.06. The summed E-state index contributed by atoms with van der Waals surface area (Å²) >= 11 is 0. The van der Waals surface area contributed by atoms with Crippen molar-refractivity contribution in [1.82, 2.24) is 9.47 Å². The van der Waals surface area contributed by atoms with E-state index in [0.29, 0.717) is 23.2 Å². The van der Waals surface area contributed by atoms with Crippen LogP contribution in [0, 0.1) is 11.7 Å². The standard InChI is InChI=1S/C21H24FN3O4/c1-23-6-2-3-12-9-24(10-18(12)23)17-8-16-14(7-15(17)22)20(26)19(29-21(27)28)11-25(16)13-4-5-13/h7-8,11-13,18H,2-6,9-10H2,1H3,(H,27,28). The van der Waals surface area contributed by atoms with Crippen molar-refractivity contribution in [3.63, 3.8) is 0 Å². The smallest absolute Gasteiger partial charge is 0.449 e. The molecule has 1 saturated carbocycles. The van der Waals surface area contributed by atoms with E-state index in [1.54, 1.807) is 6.07 Å². The van der Waals surface area contributed by atoms with Crippen LogP contribution in [0.1, 0.15) is 31.7 Å². The van der Waals surface area contributed by atoms with E-state index in [1.165, 1.54) is 18.7 Å². The van der Waals surface area contributed by atoms with Gasteiger partial charge in [-0.1, -0.05) is 0 Å². The largest absolute Gasteiger partial charge is 0.511 e. The number of halogens is 1. The van der Waals surface area contributed by atoms with Gasteiger partial charge in [0.1, 0.15) is 5.82 Å². The van der Waals surface area contributed by atoms with Gasteiger partial charge >= 0.3 is 6.16 Å². The highest BCUT2D eigenvalue weighted by Crippen LogP contribution is 2.40. The van der Waals surface area contributed by atoms with Crippen molar-refractivity contribution in [1.29, 1.82) is 0 Å². The zero-order valence-electron chi connectivity index (χ0n) is 16.3. The molecule has 1 aliphatic carbocycles. The maximum absolute atomic E-state index is 15.1. The average Bonchev–Trinajstić information content (AvgIpc) is 3.42. The maximum atomic E-state index is 15.1. The summed E-state index contributed by atoms with van der Waals surface area (Å²) in [6.45, 7) is 2.66. The molecule has 0 spiro atoms. The molecule has 1 aromatic heterocycles. The Kier molecular flexibility index (Phi) is 4.27. The van der Waals surface area contributed by atoms with Gasteiger partial charge in [-0.3, -0.25) is 4.79 Å². The molecule has 3 aliphatic rings. The van der Waals surface area contributed by atoms with Crippen LogP contribution in [-0.4, -0.2) is 53.5 Å². The molecule has 5 rings (SSSR count). The maximum Gasteiger partial charge on any atom is 0.511 e. The highest BCUT2D eigenvalue weighted by molar-refractivity contribution is 5.85. The van der Waals surface area contributed by atoms with E-state index in [9.17, 15) is 9.59 Å². The summed E-state index contributed by atoms with van der Waals surface area (Å²) in [7, 11) is 2.13. The number of anilines is 1. The number of hydrogen-bond donors (Lipinski definition) is 1. The number of likely N-dealkylation sites (tertiary alicyclic amines) is 1. The van der Waals surface area contributed by atoms with E-state index in [-0.39, 0.29) is 17.2 Å². The molecule has 7 nitrogen and oxygen atoms in total. The third-order valence-corrected chi connectivity index (χ3v) is 6.60. The van der Waals surface area contributed by atoms with Crippen molar-refractivity contribution >= 4 is 22.7 Å². The van der Waals surface area contributed by atoms with Crippen LogP contribution in [-0.2, 0) is 0 Å². The molecule has 0 amide bonds. The van der Waals surface area contributed by atoms with Crippen molar-refractivity contribution in [2.24, 2.45) is 5.92 Å². The molecule has 3 heterocycles. The van der Waals surface area contributed by atoms with Gasteiger partial charge < -0.3 is 24.2 Å². The fourth-order valence-electron chi connectivity index (χ4n) is 5.00. The molecular weight excluding hydrogens is 377 g/mol. The van der Waals surface area contributed by atoms with Crippen LogP contribution in [0.25, 0.3) is 10.9 Å². The van der Waals surface area contributed by atoms with E-state index >= 15 is 4.39 Å². The molecule has 2 aromatic rings. The van der Waals surface area contributed by atoms with E-state index in [0.717, 1.165) is 38.9 Å². The van der Waals surface area contributed by atoms with Gasteiger partial charge in [-0.05, 0) is 57.3 Å². The first kappa shape index (κ1) is 18.4. The SMILES string of the molecule is CN1CCCC2CN(c3cc4c(cc3F)c(=O)c(OC(=O)O)cn4C3CC3)CC21. The van der Waals surface area contributed by atoms with Gasteiger partial charge in [0.15, 0.2) is 5.75 Å². The Morgan fingerprint density at radius 3 is 2.72 bits per heavy atom. The molecule has 3 fully saturated rings. The molecular formula is C21H24FN3O4. The van der Waals surface area contributed by atoms with Crippen molar-refractivity contribution in [2.45, 2.75) is 37.8 Å². The van der Waals surface area contributed by atoms with E-state index in [4.69, 9.17) is 5.11 Å². The van der Waals surface area contributed by atoms with Crippen LogP contribution in [0.2, 0.25) is 0 Å². The van der Waals surface area contributed by atoms with Gasteiger partial charge in [-0.2, -0.15) is 0 Å². The molecule has 0 bridgehead atoms. The van der Waals surface area contributed by atoms with Gasteiger partial charge in [0, 0.05) is 25.2 Å². The van der Waals surface area contributed by atoms with Crippen LogP contribution < -0.4 is 15.1 Å². The summed E-state index contributed by atoms with van der Waals surface area (Å²) in [6.07, 6.45) is 4.11. The summed E-state index contributed by atoms with van der Waals surface area (Å²) in [5.74, 6) is -0.204. The number of carbonyl (C=O) groups is 1. The third kappa shape index (κ3) is 3.15. The number of piperidine rings is 1. The van der Waals surface area contributed by atoms with Crippen LogP contribution in [0.15, 0.2) is 23.1 Å². The fourth-order valence-corrected chi connectivity index (χ4v) is 5.00. The van der Waals surface area contributed by atoms with Crippen LogP contribution in [0.5, 0.6) is 5.75 Å². The summed E-state index contributed by atoms with van der Waals surface area (Å²) in [6, 6.07) is 3.61. The lowest BCUT2D eigenvalue weighted by Crippen LogP contribution is -2.42. The summed E-state index contributed by atoms with van der Waals surface area (Å²) in [4.78, 5) is 28.1. The topological polar surface area (TPSA) is 75.0 Å². The average molecular weight is 401 g/mol. The number of aromatic nitrogens is 1. The molecule has 1 N–H and O–H groups in total. The fraction of sp³-hybridized carbons (Fsp3) is 0.524. The normalized spacial score (nSPS) is 24.7. The lowest BCUT2D eigenvalue weighted by atomic mass is 9.93. The van der Waals surface area contributed by atoms with Gasteiger partial charge in [0.25, 0.3) is 0 Å². The lowest BCUT2D eigenvalue weighted by molar-refractivity contribution is 0.143. The highest BCUT2D eigenvalue weighted by atomic mass is 19.1. The number of rotatable bonds is 3. The quantitative estimate of drug-likeness (QED) is 0.797. The molecule has 8 heteroatoms. The van der Waals surface area contributed by atoms with Crippen LogP contribution >= 0.6 is 0 Å². The van der Waals surface area contributed by atoms with E-state index in [1.807, 2.05) is 4.57 Å². The summed E-state index contributed by atoms with van der Waals surface area (Å²) in [5, 5.41) is 9.08. The minimum atomic E-state index is -1.55. The Morgan fingerprint density at radius 1 is 1.24 bits per heavy atom. The minimum Gasteiger partial charge on any atom is -0.449 e. The first-order chi connectivity index (χ1) is 13.9. The Labute approximate surface area is 167 Å². The number of ether oxygens (including phenoxy) is 1. The molecule has 0 radical (unpaired) electrons. The van der Waals surface area contributed by atoms with Crippen molar-refractivity contribution < 1.29 is 19.0 Å². The second-order valence-electron chi connectivity index (χ2n) is 8.50. The summed E-state index contributed by atoms with van der Waals surface area (Å²) in [5.41, 5.74) is 0.551. The van der Waals surface area contributed by atoms with E-state index in [2.05, 4.69) is 21.6 Å². The van der Waals surface area contributed by atoms with E-state index < -0.39 is 17.4 Å². The second kappa shape index (κ2) is 6.73. The number of carboxylic acid groups (broad SMARTS) is 1. The molecule has 154 valence electrons. The van der Waals surface area contributed by atoms with Crippen molar-refractivity contribution in [3.8, 4) is 5.75 Å². The summed E-state index contributed by atoms with van der Waals surface area (Å²) < 4.78 is 21.6. The van der Waals surface area contributed by atoms with Gasteiger partial charge in [0.2, 0.25) is 5.43 Å². The molecule has 2 aliphatic heterocycles. The Morgan fingerprint density at radius 2 is 2.03 bits per heavy atom. The van der Waals surface area contributed by atoms with Gasteiger partial charge in [-0.25, -0.2) is 9.18 Å². The van der Waals surface area contributed by atoms with Crippen LogP contribution in [0.4, 0.5) is 14.9 Å². The third-order valence-electron chi connectivity index (χ3n) is 6.60. The Balaban J connectivity index is 1.60. The zero-order chi connectivity index (χ0) is 20.3. The highest BCUT2D eigenvalue weighted by Gasteiger charge is 2.38. The second-order valence-corrected chi connectivity index (χ2v) is 8.50. The van der Waals surface area contributed by atoms with Crippen molar-refractivity contribution in [2.75, 3.05) is 31.6 Å². The minimum absolute atomic E-state index is 0.158. The molecule has 2 saturated heterocycles. The number of benzene rings is 1. The molecule has 29 heavy (non-hydrogen) atoms. The molecule has 2 atom stereocenters. The van der Waals surface area contributed by atoms with Crippen molar-refractivity contribution in [3.05, 3.63) is 34.4 Å². The van der Waals surface area contributed by atoms with Gasteiger partial charge in [0.05, 0.1) is 22.8 Å². The van der Waals surface area contributed by atoms with Crippen LogP contribution in [0.3, 0.4) is 0 Å². The number of nitrogens with zero attached hydrogens (tertiary/aromatic N) is 3. The first-order valence-electron chi connectivity index (χ1n) is 10.2. The van der Waals surface area contributed by atoms with Gasteiger partial charge in [-0.15, -0.1) is 0 Å². The number of likely N-dealkylation sites (N-methyl/N-ethyl adjacent to an activating group) is 1. The number of hydrogen-bond acceptors (Lipinski definition) is 5. The molecule has 2 unspecified atom stereocenters. The first-order valence-corrected chi connectivity index (χ1v) is 10.2. The Hall–Kier alpha value is -2.61.